The molecule has 3 heterocycles. The molecule has 0 unspecified atom stereocenters. The first-order valence-electron chi connectivity index (χ1n) is 8.68. The van der Waals surface area contributed by atoms with Crippen LogP contribution in [0.25, 0.3) is 0 Å². The van der Waals surface area contributed by atoms with Gasteiger partial charge in [0.15, 0.2) is 5.82 Å². The number of fused-ring (bicyclic) bond motifs is 2. The van der Waals surface area contributed by atoms with Crippen molar-refractivity contribution in [3.8, 4) is 0 Å². The van der Waals surface area contributed by atoms with Gasteiger partial charge in [-0.05, 0) is 48.9 Å². The monoisotopic (exact) mass is 414 g/mol. The highest BCUT2D eigenvalue weighted by molar-refractivity contribution is 7.98. The fourth-order valence-corrected chi connectivity index (χ4v) is 4.01. The smallest absolute Gasteiger partial charge is 0.259 e. The van der Waals surface area contributed by atoms with Gasteiger partial charge in [0.2, 0.25) is 0 Å². The number of anilines is 3. The fourth-order valence-electron chi connectivity index (χ4n) is 3.00. The first-order chi connectivity index (χ1) is 13.5. The number of aromatic nitrogens is 2. The van der Waals surface area contributed by atoms with Gasteiger partial charge >= 0.3 is 0 Å². The fraction of sp³-hybridized carbons (Fsp3) is 0.150. The molecule has 0 atom stereocenters. The van der Waals surface area contributed by atoms with Gasteiger partial charge in [-0.25, -0.2) is 14.4 Å². The topological polar surface area (TPSA) is 58.1 Å². The van der Waals surface area contributed by atoms with Gasteiger partial charge in [0.05, 0.1) is 11.3 Å². The largest absolute Gasteiger partial charge is 0.319 e. The number of rotatable bonds is 4. The highest BCUT2D eigenvalue weighted by atomic mass is 35.5. The number of pyridine rings is 2. The summed E-state index contributed by atoms with van der Waals surface area (Å²) < 4.78 is 13.4. The van der Waals surface area contributed by atoms with Crippen molar-refractivity contribution in [1.82, 2.24) is 9.97 Å². The van der Waals surface area contributed by atoms with Crippen LogP contribution in [0.1, 0.15) is 22.8 Å². The van der Waals surface area contributed by atoms with E-state index in [9.17, 15) is 9.18 Å². The lowest BCUT2D eigenvalue weighted by molar-refractivity contribution is 0.102. The van der Waals surface area contributed by atoms with Gasteiger partial charge in [0.25, 0.3) is 5.91 Å². The first-order valence-corrected chi connectivity index (χ1v) is 10.0. The zero-order valence-corrected chi connectivity index (χ0v) is 16.5. The minimum Gasteiger partial charge on any atom is -0.319 e. The molecule has 0 fully saturated rings. The Morgan fingerprint density at radius 3 is 2.86 bits per heavy atom. The van der Waals surface area contributed by atoms with E-state index in [4.69, 9.17) is 11.6 Å². The number of amides is 1. The molecule has 1 aliphatic rings. The van der Waals surface area contributed by atoms with Gasteiger partial charge in [-0.1, -0.05) is 17.7 Å². The van der Waals surface area contributed by atoms with E-state index in [1.807, 2.05) is 24.0 Å². The molecule has 0 saturated heterocycles. The summed E-state index contributed by atoms with van der Waals surface area (Å²) in [5, 5.41) is 3.23. The van der Waals surface area contributed by atoms with Crippen molar-refractivity contribution in [3.63, 3.8) is 0 Å². The van der Waals surface area contributed by atoms with Gasteiger partial charge in [-0.2, -0.15) is 0 Å². The molecule has 5 nitrogen and oxygen atoms in total. The molecule has 0 bridgehead atoms. The Morgan fingerprint density at radius 1 is 1.21 bits per heavy atom. The predicted molar refractivity (Wildman–Crippen MR) is 110 cm³/mol. The van der Waals surface area contributed by atoms with Crippen molar-refractivity contribution >= 4 is 46.6 Å². The lowest BCUT2D eigenvalue weighted by atomic mass is 10.2. The number of carbonyl (C=O) groups is 1. The third-order valence-corrected chi connectivity index (χ3v) is 5.56. The quantitative estimate of drug-likeness (QED) is 0.464. The Labute approximate surface area is 171 Å². The Morgan fingerprint density at radius 2 is 2.07 bits per heavy atom. The summed E-state index contributed by atoms with van der Waals surface area (Å²) in [5.41, 5.74) is 1.93. The lowest BCUT2D eigenvalue weighted by Crippen LogP contribution is -2.20. The molecule has 28 heavy (non-hydrogen) atoms. The van der Waals surface area contributed by atoms with E-state index in [0.717, 1.165) is 10.5 Å². The van der Waals surface area contributed by atoms with Crippen molar-refractivity contribution in [1.29, 1.82) is 0 Å². The molecular formula is C20H16ClFN4OS. The minimum atomic E-state index is -0.271. The summed E-state index contributed by atoms with van der Waals surface area (Å²) in [5.74, 6) is 1.15. The molecule has 0 aliphatic carbocycles. The second-order valence-electron chi connectivity index (χ2n) is 6.16. The van der Waals surface area contributed by atoms with Crippen LogP contribution in [0, 0.1) is 5.82 Å². The van der Waals surface area contributed by atoms with E-state index in [0.29, 0.717) is 40.3 Å². The number of hydrogen-bond donors (Lipinski definition) is 1. The Kier molecular flexibility index (Phi) is 5.19. The molecule has 1 amide bonds. The third-order valence-electron chi connectivity index (χ3n) is 4.29. The Balaban J connectivity index is 1.66. The van der Waals surface area contributed by atoms with Crippen molar-refractivity contribution in [2.75, 3.05) is 16.8 Å². The maximum Gasteiger partial charge on any atom is 0.259 e. The molecule has 0 saturated carbocycles. The number of hydrogen-bond acceptors (Lipinski definition) is 5. The average Bonchev–Trinajstić information content (AvgIpc) is 2.80. The maximum atomic E-state index is 13.4. The zero-order chi connectivity index (χ0) is 19.7. The normalized spacial score (nSPS) is 12.8. The van der Waals surface area contributed by atoms with E-state index >= 15 is 0 Å². The van der Waals surface area contributed by atoms with Crippen molar-refractivity contribution in [2.24, 2.45) is 0 Å². The molecule has 0 radical (unpaired) electrons. The van der Waals surface area contributed by atoms with Gasteiger partial charge in [0.1, 0.15) is 16.8 Å². The summed E-state index contributed by atoms with van der Waals surface area (Å²) in [6, 6.07) is 11.6. The summed E-state index contributed by atoms with van der Waals surface area (Å²) in [4.78, 5) is 24.4. The summed E-state index contributed by atoms with van der Waals surface area (Å²) in [6.45, 7) is 2.54. The van der Waals surface area contributed by atoms with Crippen LogP contribution < -0.4 is 10.2 Å². The number of thioether (sulfide) groups is 1. The SMILES string of the molecule is CCN1c2nc(Cl)ccc2NC(=O)c2cc(CSc3cccc(F)c3)cnc21. The van der Waals surface area contributed by atoms with E-state index in [-0.39, 0.29) is 11.7 Å². The highest BCUT2D eigenvalue weighted by Crippen LogP contribution is 2.36. The molecule has 2 aromatic heterocycles. The Bertz CT molecular complexity index is 1060. The molecule has 8 heteroatoms. The lowest BCUT2D eigenvalue weighted by Gasteiger charge is -2.22. The van der Waals surface area contributed by atoms with E-state index in [1.54, 1.807) is 24.4 Å². The van der Waals surface area contributed by atoms with Crippen LogP contribution in [0.5, 0.6) is 0 Å². The van der Waals surface area contributed by atoms with Gasteiger partial charge in [0, 0.05) is 23.4 Å². The average molecular weight is 415 g/mol. The standard InChI is InChI=1S/C20H16ClFN4OS/c1-2-26-18-15(20(27)24-16-6-7-17(21)25-19(16)26)8-12(10-23-18)11-28-14-5-3-4-13(22)9-14/h3-10H,2,11H2,1H3,(H,24,27). The molecule has 4 rings (SSSR count). The van der Waals surface area contributed by atoms with Crippen molar-refractivity contribution in [2.45, 2.75) is 17.6 Å². The van der Waals surface area contributed by atoms with Crippen LogP contribution in [-0.4, -0.2) is 22.4 Å². The van der Waals surface area contributed by atoms with Crippen LogP contribution in [0.3, 0.4) is 0 Å². The number of halogens is 2. The third kappa shape index (κ3) is 3.68. The Hall–Kier alpha value is -2.64. The molecule has 0 spiro atoms. The van der Waals surface area contributed by atoms with E-state index in [2.05, 4.69) is 15.3 Å². The van der Waals surface area contributed by atoms with Crippen LogP contribution >= 0.6 is 23.4 Å². The number of carbonyl (C=O) groups excluding carboxylic acids is 1. The summed E-state index contributed by atoms with van der Waals surface area (Å²) in [6.07, 6.45) is 1.73. The van der Waals surface area contributed by atoms with Gasteiger partial charge < -0.3 is 10.2 Å². The van der Waals surface area contributed by atoms with Crippen LogP contribution in [-0.2, 0) is 5.75 Å². The summed E-state index contributed by atoms with van der Waals surface area (Å²) in [7, 11) is 0. The summed E-state index contributed by atoms with van der Waals surface area (Å²) >= 11 is 7.54. The van der Waals surface area contributed by atoms with Crippen LogP contribution in [0.15, 0.2) is 53.6 Å². The van der Waals surface area contributed by atoms with E-state index < -0.39 is 0 Å². The highest BCUT2D eigenvalue weighted by Gasteiger charge is 2.27. The number of nitrogens with one attached hydrogen (secondary N) is 1. The number of nitrogens with zero attached hydrogens (tertiary/aromatic N) is 3. The van der Waals surface area contributed by atoms with E-state index in [1.165, 1.54) is 23.9 Å². The van der Waals surface area contributed by atoms with Crippen molar-refractivity contribution < 1.29 is 9.18 Å². The number of benzene rings is 1. The molecular weight excluding hydrogens is 399 g/mol. The van der Waals surface area contributed by atoms with Gasteiger partial charge in [-0.15, -0.1) is 11.8 Å². The molecule has 1 N–H and O–H groups in total. The van der Waals surface area contributed by atoms with Crippen LogP contribution in [0.4, 0.5) is 21.7 Å². The predicted octanol–water partition coefficient (Wildman–Crippen LogP) is 5.29. The second kappa shape index (κ2) is 7.77. The van der Waals surface area contributed by atoms with Crippen molar-refractivity contribution in [3.05, 3.63) is 70.8 Å². The molecule has 1 aromatic carbocycles. The zero-order valence-electron chi connectivity index (χ0n) is 14.9. The second-order valence-corrected chi connectivity index (χ2v) is 7.60. The minimum absolute atomic E-state index is 0.249. The molecule has 3 aromatic rings. The van der Waals surface area contributed by atoms with Crippen LogP contribution in [0.2, 0.25) is 5.15 Å². The first kappa shape index (κ1) is 18.7. The van der Waals surface area contributed by atoms with Gasteiger partial charge in [-0.3, -0.25) is 4.79 Å². The molecule has 142 valence electrons. The molecule has 1 aliphatic heterocycles. The maximum absolute atomic E-state index is 13.4.